The van der Waals surface area contributed by atoms with Gasteiger partial charge in [-0.25, -0.2) is 4.79 Å². The molecular weight excluding hydrogens is 196 g/mol. The molecule has 1 rings (SSSR count). The van der Waals surface area contributed by atoms with Gasteiger partial charge in [0.15, 0.2) is 0 Å². The van der Waals surface area contributed by atoms with Crippen molar-refractivity contribution >= 4 is 11.9 Å². The van der Waals surface area contributed by atoms with Gasteiger partial charge >= 0.3 is 5.97 Å². The van der Waals surface area contributed by atoms with Crippen molar-refractivity contribution < 1.29 is 14.7 Å². The van der Waals surface area contributed by atoms with Crippen molar-refractivity contribution in [3.8, 4) is 0 Å². The van der Waals surface area contributed by atoms with Gasteiger partial charge in [-0.05, 0) is 26.8 Å². The van der Waals surface area contributed by atoms with Crippen LogP contribution >= 0.6 is 0 Å². The van der Waals surface area contributed by atoms with E-state index in [1.807, 2.05) is 14.0 Å². The van der Waals surface area contributed by atoms with E-state index in [-0.39, 0.29) is 11.9 Å². The number of hydrogen-bond donors (Lipinski definition) is 2. The van der Waals surface area contributed by atoms with E-state index in [4.69, 9.17) is 0 Å². The van der Waals surface area contributed by atoms with Crippen LogP contribution in [0.3, 0.4) is 0 Å². The fourth-order valence-electron chi connectivity index (χ4n) is 2.05. The second-order valence-electron chi connectivity index (χ2n) is 4.35. The molecule has 1 aliphatic heterocycles. The first-order valence-electron chi connectivity index (χ1n) is 5.10. The zero-order valence-electron chi connectivity index (χ0n) is 9.41. The van der Waals surface area contributed by atoms with Gasteiger partial charge in [0.2, 0.25) is 5.91 Å². The van der Waals surface area contributed by atoms with Gasteiger partial charge < -0.3 is 15.3 Å². The number of carboxylic acids is 1. The zero-order valence-corrected chi connectivity index (χ0v) is 9.41. The number of carboxylic acid groups (broad SMARTS) is 1. The third kappa shape index (κ3) is 2.47. The minimum atomic E-state index is -1.07. The number of carbonyl (C=O) groups is 2. The largest absolute Gasteiger partial charge is 0.480 e. The molecule has 15 heavy (non-hydrogen) atoms. The number of hydrogen-bond acceptors (Lipinski definition) is 3. The highest BCUT2D eigenvalue weighted by Crippen LogP contribution is 2.26. The maximum atomic E-state index is 11.2. The normalized spacial score (nSPS) is 32.3. The van der Waals surface area contributed by atoms with Crippen LogP contribution in [0.1, 0.15) is 26.7 Å². The van der Waals surface area contributed by atoms with Crippen LogP contribution in [0.15, 0.2) is 0 Å². The van der Waals surface area contributed by atoms with Gasteiger partial charge in [-0.3, -0.25) is 4.79 Å². The third-order valence-corrected chi connectivity index (χ3v) is 3.11. The molecule has 1 aliphatic rings. The van der Waals surface area contributed by atoms with Crippen LogP contribution in [-0.2, 0) is 9.59 Å². The lowest BCUT2D eigenvalue weighted by Gasteiger charge is -2.41. The predicted octanol–water partition coefficient (Wildman–Crippen LogP) is 0.0600. The maximum absolute atomic E-state index is 11.2. The van der Waals surface area contributed by atoms with Gasteiger partial charge in [0.1, 0.15) is 5.54 Å². The van der Waals surface area contributed by atoms with E-state index in [0.717, 1.165) is 0 Å². The van der Waals surface area contributed by atoms with Gasteiger partial charge in [-0.15, -0.1) is 0 Å². The highest BCUT2D eigenvalue weighted by molar-refractivity contribution is 5.86. The average molecular weight is 214 g/mol. The Morgan fingerprint density at radius 3 is 2.53 bits per heavy atom. The molecule has 1 heterocycles. The molecule has 2 N–H and O–H groups in total. The zero-order chi connectivity index (χ0) is 11.6. The standard InChI is InChI=1S/C10H18N2O3/c1-7-6-10(9(14)15,11-8(2)13)4-5-12(7)3/h7H,4-6H2,1-3H3,(H,11,13)(H,14,15). The Balaban J connectivity index is 2.83. The highest BCUT2D eigenvalue weighted by Gasteiger charge is 2.44. The van der Waals surface area contributed by atoms with Crippen LogP contribution < -0.4 is 5.32 Å². The Labute approximate surface area is 89.4 Å². The van der Waals surface area contributed by atoms with Crippen molar-refractivity contribution in [2.24, 2.45) is 0 Å². The molecule has 0 aromatic carbocycles. The van der Waals surface area contributed by atoms with Gasteiger partial charge in [0, 0.05) is 19.5 Å². The Morgan fingerprint density at radius 2 is 2.13 bits per heavy atom. The second kappa shape index (κ2) is 4.18. The van der Waals surface area contributed by atoms with Gasteiger partial charge in [0.25, 0.3) is 0 Å². The molecule has 1 amide bonds. The van der Waals surface area contributed by atoms with E-state index in [1.54, 1.807) is 0 Å². The van der Waals surface area contributed by atoms with Crippen LogP contribution in [0.2, 0.25) is 0 Å². The van der Waals surface area contributed by atoms with Crippen LogP contribution in [-0.4, -0.2) is 47.1 Å². The number of nitrogens with zero attached hydrogens (tertiary/aromatic N) is 1. The molecule has 0 radical (unpaired) electrons. The molecule has 0 aliphatic carbocycles. The van der Waals surface area contributed by atoms with Crippen molar-refractivity contribution in [1.29, 1.82) is 0 Å². The van der Waals surface area contributed by atoms with Crippen molar-refractivity contribution in [3.63, 3.8) is 0 Å². The number of nitrogens with one attached hydrogen (secondary N) is 1. The molecule has 1 fully saturated rings. The van der Waals surface area contributed by atoms with E-state index >= 15 is 0 Å². The highest BCUT2D eigenvalue weighted by atomic mass is 16.4. The minimum absolute atomic E-state index is 0.168. The van der Waals surface area contributed by atoms with Gasteiger partial charge in [0.05, 0.1) is 0 Å². The maximum Gasteiger partial charge on any atom is 0.329 e. The SMILES string of the molecule is CC(=O)NC1(C(=O)O)CCN(C)C(C)C1. The molecule has 2 unspecified atom stereocenters. The van der Waals surface area contributed by atoms with Crippen LogP contribution in [0.25, 0.3) is 0 Å². The molecule has 0 aromatic heterocycles. The van der Waals surface area contributed by atoms with Crippen molar-refractivity contribution in [3.05, 3.63) is 0 Å². The molecule has 0 aromatic rings. The summed E-state index contributed by atoms with van der Waals surface area (Å²) < 4.78 is 0. The number of rotatable bonds is 2. The number of amides is 1. The van der Waals surface area contributed by atoms with Crippen LogP contribution in [0.5, 0.6) is 0 Å². The molecule has 0 saturated carbocycles. The van der Waals surface area contributed by atoms with E-state index in [2.05, 4.69) is 10.2 Å². The van der Waals surface area contributed by atoms with Crippen LogP contribution in [0.4, 0.5) is 0 Å². The summed E-state index contributed by atoms with van der Waals surface area (Å²) in [5.74, 6) is -1.22. The quantitative estimate of drug-likeness (QED) is 0.682. The predicted molar refractivity (Wildman–Crippen MR) is 55.5 cm³/mol. The summed E-state index contributed by atoms with van der Waals surface area (Å²) >= 11 is 0. The molecule has 0 spiro atoms. The topological polar surface area (TPSA) is 69.6 Å². The Kier molecular flexibility index (Phi) is 3.34. The first kappa shape index (κ1) is 12.0. The number of piperidine rings is 1. The fraction of sp³-hybridized carbons (Fsp3) is 0.800. The number of aliphatic carboxylic acids is 1. The van der Waals surface area contributed by atoms with Crippen molar-refractivity contribution in [2.75, 3.05) is 13.6 Å². The summed E-state index contributed by atoms with van der Waals surface area (Å²) in [5.41, 5.74) is -1.07. The molecule has 86 valence electrons. The summed E-state index contributed by atoms with van der Waals surface area (Å²) in [7, 11) is 1.96. The van der Waals surface area contributed by atoms with Crippen molar-refractivity contribution in [2.45, 2.75) is 38.3 Å². The molecular formula is C10H18N2O3. The Bertz CT molecular complexity index is 280. The molecule has 5 nitrogen and oxygen atoms in total. The first-order chi connectivity index (χ1) is 6.87. The third-order valence-electron chi connectivity index (χ3n) is 3.11. The second-order valence-corrected chi connectivity index (χ2v) is 4.35. The van der Waals surface area contributed by atoms with E-state index < -0.39 is 11.5 Å². The molecule has 0 bridgehead atoms. The molecule has 5 heteroatoms. The summed E-state index contributed by atoms with van der Waals surface area (Å²) in [6, 6.07) is 0.168. The van der Waals surface area contributed by atoms with Crippen LogP contribution in [0, 0.1) is 0 Å². The van der Waals surface area contributed by atoms with Crippen molar-refractivity contribution in [1.82, 2.24) is 10.2 Å². The summed E-state index contributed by atoms with van der Waals surface area (Å²) in [6.07, 6.45) is 0.918. The Hall–Kier alpha value is -1.10. The van der Waals surface area contributed by atoms with E-state index in [9.17, 15) is 14.7 Å². The smallest absolute Gasteiger partial charge is 0.329 e. The lowest BCUT2D eigenvalue weighted by Crippen LogP contribution is -2.61. The summed E-state index contributed by atoms with van der Waals surface area (Å²) in [4.78, 5) is 24.4. The molecule has 2 atom stereocenters. The lowest BCUT2D eigenvalue weighted by atomic mass is 9.83. The Morgan fingerprint density at radius 1 is 1.53 bits per heavy atom. The minimum Gasteiger partial charge on any atom is -0.480 e. The molecule has 1 saturated heterocycles. The monoisotopic (exact) mass is 214 g/mol. The number of carbonyl (C=O) groups excluding carboxylic acids is 1. The van der Waals surface area contributed by atoms with E-state index in [1.165, 1.54) is 6.92 Å². The van der Waals surface area contributed by atoms with Gasteiger partial charge in [-0.2, -0.15) is 0 Å². The summed E-state index contributed by atoms with van der Waals surface area (Å²) in [5, 5.41) is 11.8. The summed E-state index contributed by atoms with van der Waals surface area (Å²) in [6.45, 7) is 4.01. The van der Waals surface area contributed by atoms with E-state index in [0.29, 0.717) is 19.4 Å². The fourth-order valence-corrected chi connectivity index (χ4v) is 2.05. The average Bonchev–Trinajstić information content (AvgIpc) is 2.10. The van der Waals surface area contributed by atoms with Gasteiger partial charge in [-0.1, -0.05) is 0 Å². The first-order valence-corrected chi connectivity index (χ1v) is 5.10. The lowest BCUT2D eigenvalue weighted by molar-refractivity contribution is -0.150. The number of likely N-dealkylation sites (tertiary alicyclic amines) is 1.